The quantitative estimate of drug-likeness (QED) is 0.838. The number of morpholine rings is 1. The Morgan fingerprint density at radius 3 is 2.94 bits per heavy atom. The second-order valence-corrected chi connectivity index (χ2v) is 4.84. The molecule has 0 aromatic heterocycles. The molecule has 3 nitrogen and oxygen atoms in total. The zero-order chi connectivity index (χ0) is 12.3. The Bertz CT molecular complexity index is 372. The number of rotatable bonds is 3. The Morgan fingerprint density at radius 2 is 2.29 bits per heavy atom. The summed E-state index contributed by atoms with van der Waals surface area (Å²) in [5, 5.41) is 13.6. The van der Waals surface area contributed by atoms with Crippen LogP contribution in [0.3, 0.4) is 0 Å². The maximum Gasteiger partial charge on any atom is 0.0808 e. The molecular formula is C14H21NO2. The number of benzene rings is 1. The molecular weight excluding hydrogens is 214 g/mol. The number of aryl methyl sites for hydroxylation is 2. The average molecular weight is 235 g/mol. The zero-order valence-corrected chi connectivity index (χ0v) is 10.6. The molecule has 2 unspecified atom stereocenters. The second-order valence-electron chi connectivity index (χ2n) is 4.84. The van der Waals surface area contributed by atoms with Crippen molar-refractivity contribution in [1.82, 2.24) is 5.32 Å². The fourth-order valence-electron chi connectivity index (χ4n) is 2.37. The fourth-order valence-corrected chi connectivity index (χ4v) is 2.37. The predicted octanol–water partition coefficient (Wildman–Crippen LogP) is 1.72. The van der Waals surface area contributed by atoms with Gasteiger partial charge in [0, 0.05) is 12.6 Å². The van der Waals surface area contributed by atoms with Gasteiger partial charge in [-0.05, 0) is 31.4 Å². The maximum atomic E-state index is 10.2. The summed E-state index contributed by atoms with van der Waals surface area (Å²) in [5.41, 5.74) is 3.43. The van der Waals surface area contributed by atoms with E-state index < -0.39 is 6.10 Å². The highest BCUT2D eigenvalue weighted by atomic mass is 16.5. The lowest BCUT2D eigenvalue weighted by Gasteiger charge is -2.26. The molecule has 0 amide bonds. The van der Waals surface area contributed by atoms with Crippen molar-refractivity contribution in [2.75, 3.05) is 19.8 Å². The van der Waals surface area contributed by atoms with Gasteiger partial charge < -0.3 is 15.2 Å². The summed E-state index contributed by atoms with van der Waals surface area (Å²) < 4.78 is 5.39. The molecule has 1 heterocycles. The Hall–Kier alpha value is -0.900. The molecule has 0 spiro atoms. The normalized spacial score (nSPS) is 22.4. The summed E-state index contributed by atoms with van der Waals surface area (Å²) in [5.74, 6) is 0. The van der Waals surface area contributed by atoms with Crippen molar-refractivity contribution < 1.29 is 9.84 Å². The monoisotopic (exact) mass is 235 g/mol. The van der Waals surface area contributed by atoms with E-state index in [2.05, 4.69) is 31.3 Å². The van der Waals surface area contributed by atoms with Gasteiger partial charge in [0.1, 0.15) is 0 Å². The molecule has 2 N–H and O–H groups in total. The largest absolute Gasteiger partial charge is 0.388 e. The number of nitrogens with one attached hydrogen (secondary N) is 1. The standard InChI is InChI=1S/C14H21NO2/c1-10-3-4-13(11(2)7-10)14(16)8-12-9-17-6-5-15-12/h3-4,7,12,14-16H,5-6,8-9H2,1-2H3. The van der Waals surface area contributed by atoms with Crippen LogP contribution >= 0.6 is 0 Å². The summed E-state index contributed by atoms with van der Waals surface area (Å²) in [4.78, 5) is 0. The first kappa shape index (κ1) is 12.6. The topological polar surface area (TPSA) is 41.5 Å². The lowest BCUT2D eigenvalue weighted by Crippen LogP contribution is -2.42. The zero-order valence-electron chi connectivity index (χ0n) is 10.6. The van der Waals surface area contributed by atoms with E-state index in [1.165, 1.54) is 5.56 Å². The van der Waals surface area contributed by atoms with Crippen LogP contribution in [0, 0.1) is 13.8 Å². The molecule has 1 aromatic carbocycles. The van der Waals surface area contributed by atoms with E-state index >= 15 is 0 Å². The average Bonchev–Trinajstić information content (AvgIpc) is 2.30. The summed E-state index contributed by atoms with van der Waals surface area (Å²) in [6.45, 7) is 6.47. The number of hydrogen-bond donors (Lipinski definition) is 2. The van der Waals surface area contributed by atoms with E-state index in [4.69, 9.17) is 4.74 Å². The van der Waals surface area contributed by atoms with Crippen molar-refractivity contribution >= 4 is 0 Å². The number of aliphatic hydroxyl groups excluding tert-OH is 1. The van der Waals surface area contributed by atoms with Gasteiger partial charge in [-0.3, -0.25) is 0 Å². The molecule has 1 aromatic rings. The molecule has 1 aliphatic heterocycles. The Morgan fingerprint density at radius 1 is 1.47 bits per heavy atom. The van der Waals surface area contributed by atoms with E-state index in [0.717, 1.165) is 24.3 Å². The van der Waals surface area contributed by atoms with Gasteiger partial charge in [-0.2, -0.15) is 0 Å². The van der Waals surface area contributed by atoms with Crippen molar-refractivity contribution in [3.63, 3.8) is 0 Å². The van der Waals surface area contributed by atoms with Crippen molar-refractivity contribution in [3.05, 3.63) is 34.9 Å². The fraction of sp³-hybridized carbons (Fsp3) is 0.571. The van der Waals surface area contributed by atoms with Crippen LogP contribution in [-0.4, -0.2) is 30.9 Å². The van der Waals surface area contributed by atoms with E-state index in [-0.39, 0.29) is 6.04 Å². The Kier molecular flexibility index (Phi) is 4.15. The smallest absolute Gasteiger partial charge is 0.0808 e. The van der Waals surface area contributed by atoms with Crippen LogP contribution in [0.15, 0.2) is 18.2 Å². The number of aliphatic hydroxyl groups is 1. The lowest BCUT2D eigenvalue weighted by molar-refractivity contribution is 0.0518. The third-order valence-corrected chi connectivity index (χ3v) is 3.29. The van der Waals surface area contributed by atoms with E-state index in [0.29, 0.717) is 13.0 Å². The van der Waals surface area contributed by atoms with E-state index in [1.807, 2.05) is 6.07 Å². The van der Waals surface area contributed by atoms with Gasteiger partial charge in [-0.25, -0.2) is 0 Å². The molecule has 2 atom stereocenters. The first-order chi connectivity index (χ1) is 8.16. The summed E-state index contributed by atoms with van der Waals surface area (Å²) >= 11 is 0. The van der Waals surface area contributed by atoms with Gasteiger partial charge >= 0.3 is 0 Å². The molecule has 17 heavy (non-hydrogen) atoms. The minimum Gasteiger partial charge on any atom is -0.388 e. The Balaban J connectivity index is 2.00. The van der Waals surface area contributed by atoms with Crippen molar-refractivity contribution in [3.8, 4) is 0 Å². The minimum atomic E-state index is -0.408. The molecule has 94 valence electrons. The van der Waals surface area contributed by atoms with Gasteiger partial charge in [0.2, 0.25) is 0 Å². The summed E-state index contributed by atoms with van der Waals surface area (Å²) in [6.07, 6.45) is 0.305. The molecule has 1 aliphatic rings. The van der Waals surface area contributed by atoms with E-state index in [9.17, 15) is 5.11 Å². The minimum absolute atomic E-state index is 0.263. The molecule has 2 rings (SSSR count). The molecule has 0 radical (unpaired) electrons. The molecule has 0 aliphatic carbocycles. The van der Waals surface area contributed by atoms with Crippen LogP contribution in [-0.2, 0) is 4.74 Å². The lowest BCUT2D eigenvalue weighted by atomic mass is 9.96. The molecule has 0 bridgehead atoms. The Labute approximate surface area is 103 Å². The summed E-state index contributed by atoms with van der Waals surface area (Å²) in [6, 6.07) is 6.46. The predicted molar refractivity (Wildman–Crippen MR) is 68.1 cm³/mol. The first-order valence-electron chi connectivity index (χ1n) is 6.23. The highest BCUT2D eigenvalue weighted by Gasteiger charge is 2.19. The SMILES string of the molecule is Cc1ccc(C(O)CC2COCCN2)c(C)c1. The van der Waals surface area contributed by atoms with E-state index in [1.54, 1.807) is 0 Å². The van der Waals surface area contributed by atoms with Crippen LogP contribution < -0.4 is 5.32 Å². The van der Waals surface area contributed by atoms with Crippen LogP contribution in [0.2, 0.25) is 0 Å². The maximum absolute atomic E-state index is 10.2. The third-order valence-electron chi connectivity index (χ3n) is 3.29. The number of hydrogen-bond acceptors (Lipinski definition) is 3. The third kappa shape index (κ3) is 3.28. The van der Waals surface area contributed by atoms with Crippen LogP contribution in [0.5, 0.6) is 0 Å². The highest BCUT2D eigenvalue weighted by molar-refractivity contribution is 5.32. The molecule has 1 fully saturated rings. The molecule has 1 saturated heterocycles. The highest BCUT2D eigenvalue weighted by Crippen LogP contribution is 2.23. The molecule has 3 heteroatoms. The van der Waals surface area contributed by atoms with Gasteiger partial charge in [0.15, 0.2) is 0 Å². The van der Waals surface area contributed by atoms with Crippen molar-refractivity contribution in [2.45, 2.75) is 32.4 Å². The van der Waals surface area contributed by atoms with Gasteiger partial charge in [0.25, 0.3) is 0 Å². The van der Waals surface area contributed by atoms with Gasteiger partial charge in [-0.1, -0.05) is 23.8 Å². The van der Waals surface area contributed by atoms with Crippen LogP contribution in [0.1, 0.15) is 29.2 Å². The van der Waals surface area contributed by atoms with Crippen LogP contribution in [0.4, 0.5) is 0 Å². The van der Waals surface area contributed by atoms with Crippen molar-refractivity contribution in [2.24, 2.45) is 0 Å². The van der Waals surface area contributed by atoms with Gasteiger partial charge in [-0.15, -0.1) is 0 Å². The second kappa shape index (κ2) is 5.63. The first-order valence-corrected chi connectivity index (χ1v) is 6.23. The summed E-state index contributed by atoms with van der Waals surface area (Å²) in [7, 11) is 0. The van der Waals surface area contributed by atoms with Crippen LogP contribution in [0.25, 0.3) is 0 Å². The molecule has 0 saturated carbocycles. The van der Waals surface area contributed by atoms with Crippen molar-refractivity contribution in [1.29, 1.82) is 0 Å². The van der Waals surface area contributed by atoms with Gasteiger partial charge in [0.05, 0.1) is 19.3 Å². The number of ether oxygens (including phenoxy) is 1.